The summed E-state index contributed by atoms with van der Waals surface area (Å²) in [7, 11) is 0. The normalized spacial score (nSPS) is 17.1. The lowest BCUT2D eigenvalue weighted by molar-refractivity contribution is -0.141. The van der Waals surface area contributed by atoms with E-state index in [2.05, 4.69) is 0 Å². The van der Waals surface area contributed by atoms with Crippen molar-refractivity contribution in [2.75, 3.05) is 6.54 Å². The zero-order valence-electron chi connectivity index (χ0n) is 13.2. The third-order valence-corrected chi connectivity index (χ3v) is 4.28. The highest BCUT2D eigenvalue weighted by molar-refractivity contribution is 6.03. The fourth-order valence-corrected chi connectivity index (χ4v) is 2.98. The Bertz CT molecular complexity index is 810. The van der Waals surface area contributed by atoms with Gasteiger partial charge >= 0.3 is 5.97 Å². The number of aliphatic carboxylic acids is 1. The molecule has 2 aromatic rings. The fraction of sp³-hybridized carbons (Fsp3) is 0.211. The van der Waals surface area contributed by atoms with Crippen LogP contribution in [0.5, 0.6) is 0 Å². The predicted molar refractivity (Wildman–Crippen MR) is 88.7 cm³/mol. The molecular formula is C19H17NO4. The van der Waals surface area contributed by atoms with Crippen molar-refractivity contribution in [3.05, 3.63) is 59.7 Å². The van der Waals surface area contributed by atoms with E-state index in [0.717, 1.165) is 21.6 Å². The molecule has 1 amide bonds. The monoisotopic (exact) mass is 323 g/mol. The summed E-state index contributed by atoms with van der Waals surface area (Å²) in [6, 6.07) is 13.9. The number of carbonyl (C=O) groups excluding carboxylic acids is 2. The van der Waals surface area contributed by atoms with Crippen LogP contribution in [0.4, 0.5) is 0 Å². The molecule has 24 heavy (non-hydrogen) atoms. The number of nitrogens with zero attached hydrogens (tertiary/aromatic N) is 1. The van der Waals surface area contributed by atoms with E-state index < -0.39 is 17.9 Å². The van der Waals surface area contributed by atoms with Crippen LogP contribution in [0, 0.1) is 6.92 Å². The summed E-state index contributed by atoms with van der Waals surface area (Å²) >= 11 is 0. The third kappa shape index (κ3) is 2.93. The van der Waals surface area contributed by atoms with Crippen LogP contribution in [0.25, 0.3) is 11.1 Å². The maximum absolute atomic E-state index is 12.5. The molecule has 0 unspecified atom stereocenters. The van der Waals surface area contributed by atoms with Crippen molar-refractivity contribution in [3.63, 3.8) is 0 Å². The highest BCUT2D eigenvalue weighted by atomic mass is 16.4. The molecule has 1 fully saturated rings. The van der Waals surface area contributed by atoms with E-state index in [1.807, 2.05) is 43.3 Å². The lowest BCUT2D eigenvalue weighted by Gasteiger charge is -2.20. The molecule has 0 bridgehead atoms. The number of hydrogen-bond acceptors (Lipinski definition) is 3. The van der Waals surface area contributed by atoms with Crippen molar-refractivity contribution < 1.29 is 19.5 Å². The maximum Gasteiger partial charge on any atom is 0.326 e. The number of hydrogen-bond donors (Lipinski definition) is 1. The molecule has 2 aromatic carbocycles. The molecule has 0 saturated carbocycles. The number of carboxylic acid groups (broad SMARTS) is 1. The first kappa shape index (κ1) is 15.9. The van der Waals surface area contributed by atoms with Crippen molar-refractivity contribution in [2.24, 2.45) is 0 Å². The van der Waals surface area contributed by atoms with E-state index in [4.69, 9.17) is 0 Å². The fourth-order valence-electron chi connectivity index (χ4n) is 2.98. The van der Waals surface area contributed by atoms with Crippen LogP contribution in [-0.2, 0) is 9.59 Å². The van der Waals surface area contributed by atoms with E-state index in [0.29, 0.717) is 5.56 Å². The second-order valence-corrected chi connectivity index (χ2v) is 5.92. The number of aryl methyl sites for hydroxylation is 1. The molecule has 1 atom stereocenters. The molecule has 1 N–H and O–H groups in total. The lowest BCUT2D eigenvalue weighted by Crippen LogP contribution is -2.40. The first-order valence-electron chi connectivity index (χ1n) is 7.69. The third-order valence-electron chi connectivity index (χ3n) is 4.28. The van der Waals surface area contributed by atoms with Gasteiger partial charge in [0.25, 0.3) is 5.91 Å². The summed E-state index contributed by atoms with van der Waals surface area (Å²) in [6.45, 7) is 1.87. The van der Waals surface area contributed by atoms with Gasteiger partial charge in [-0.1, -0.05) is 36.4 Å². The van der Waals surface area contributed by atoms with E-state index in [9.17, 15) is 19.5 Å². The zero-order valence-corrected chi connectivity index (χ0v) is 13.2. The number of carboxylic acids is 1. The number of benzene rings is 2. The Kier molecular flexibility index (Phi) is 4.16. The number of carbonyl (C=O) groups is 3. The van der Waals surface area contributed by atoms with Crippen molar-refractivity contribution >= 4 is 17.7 Å². The Morgan fingerprint density at radius 1 is 1.08 bits per heavy atom. The number of likely N-dealkylation sites (tertiary alicyclic amines) is 1. The first-order chi connectivity index (χ1) is 11.5. The summed E-state index contributed by atoms with van der Waals surface area (Å²) in [6.07, 6.45) is -0.123. The van der Waals surface area contributed by atoms with Crippen molar-refractivity contribution in [3.8, 4) is 11.1 Å². The molecule has 0 radical (unpaired) electrons. The van der Waals surface area contributed by atoms with E-state index in [-0.39, 0.29) is 18.7 Å². The first-order valence-corrected chi connectivity index (χ1v) is 7.69. The molecule has 1 saturated heterocycles. The van der Waals surface area contributed by atoms with Gasteiger partial charge in [0.1, 0.15) is 6.04 Å². The van der Waals surface area contributed by atoms with Gasteiger partial charge in [-0.3, -0.25) is 9.59 Å². The Morgan fingerprint density at radius 2 is 1.75 bits per heavy atom. The van der Waals surface area contributed by atoms with Crippen LogP contribution < -0.4 is 0 Å². The number of rotatable bonds is 3. The molecule has 122 valence electrons. The number of amides is 1. The molecule has 5 heteroatoms. The van der Waals surface area contributed by atoms with E-state index in [1.165, 1.54) is 0 Å². The Balaban J connectivity index is 1.86. The van der Waals surface area contributed by atoms with E-state index >= 15 is 0 Å². The molecule has 3 rings (SSSR count). The smallest absolute Gasteiger partial charge is 0.326 e. The van der Waals surface area contributed by atoms with E-state index in [1.54, 1.807) is 12.1 Å². The second kappa shape index (κ2) is 6.28. The maximum atomic E-state index is 12.5. The summed E-state index contributed by atoms with van der Waals surface area (Å²) in [5, 5.41) is 9.17. The predicted octanol–water partition coefficient (Wildman–Crippen LogP) is 2.53. The largest absolute Gasteiger partial charge is 0.480 e. The molecule has 5 nitrogen and oxygen atoms in total. The minimum atomic E-state index is -1.15. The van der Waals surface area contributed by atoms with Crippen LogP contribution in [0.1, 0.15) is 22.3 Å². The van der Waals surface area contributed by atoms with Crippen LogP contribution >= 0.6 is 0 Å². The summed E-state index contributed by atoms with van der Waals surface area (Å²) in [4.78, 5) is 36.4. The minimum absolute atomic E-state index is 0.123. The molecule has 1 aliphatic rings. The quantitative estimate of drug-likeness (QED) is 0.942. The molecular weight excluding hydrogens is 306 g/mol. The van der Waals surface area contributed by atoms with Crippen LogP contribution in [-0.4, -0.2) is 40.3 Å². The van der Waals surface area contributed by atoms with Gasteiger partial charge in [0.15, 0.2) is 5.78 Å². The average molecular weight is 323 g/mol. The van der Waals surface area contributed by atoms with Crippen molar-refractivity contribution in [1.29, 1.82) is 0 Å². The van der Waals surface area contributed by atoms with Crippen molar-refractivity contribution in [1.82, 2.24) is 4.90 Å². The van der Waals surface area contributed by atoms with Gasteiger partial charge < -0.3 is 10.0 Å². The molecule has 1 aliphatic heterocycles. The second-order valence-electron chi connectivity index (χ2n) is 5.92. The molecule has 0 aliphatic carbocycles. The highest BCUT2D eigenvalue weighted by Crippen LogP contribution is 2.24. The average Bonchev–Trinajstić information content (AvgIpc) is 2.97. The van der Waals surface area contributed by atoms with Crippen molar-refractivity contribution in [2.45, 2.75) is 19.4 Å². The van der Waals surface area contributed by atoms with Gasteiger partial charge in [-0.05, 0) is 35.7 Å². The Hall–Kier alpha value is -2.95. The summed E-state index contributed by atoms with van der Waals surface area (Å²) in [5.74, 6) is -1.80. The standard InChI is InChI=1S/C19H17NO4/c1-12-4-2-3-5-16(12)13-6-8-14(9-7-13)18(22)20-11-15(21)10-17(20)19(23)24/h2-9,17H,10-11H2,1H3,(H,23,24)/t17-/m0/s1. The molecule has 0 aromatic heterocycles. The van der Waals surface area contributed by atoms with Gasteiger partial charge in [0.2, 0.25) is 0 Å². The highest BCUT2D eigenvalue weighted by Gasteiger charge is 2.39. The minimum Gasteiger partial charge on any atom is -0.480 e. The lowest BCUT2D eigenvalue weighted by atomic mass is 9.99. The summed E-state index contributed by atoms with van der Waals surface area (Å²) in [5.41, 5.74) is 3.58. The van der Waals surface area contributed by atoms with Crippen LogP contribution in [0.3, 0.4) is 0 Å². The van der Waals surface area contributed by atoms with Crippen LogP contribution in [0.15, 0.2) is 48.5 Å². The SMILES string of the molecule is Cc1ccccc1-c1ccc(C(=O)N2CC(=O)C[C@H]2C(=O)O)cc1. The number of Topliss-reactive ketones (excluding diaryl/α,β-unsaturated/α-hetero) is 1. The molecule has 1 heterocycles. The van der Waals surface area contributed by atoms with Gasteiger partial charge in [0.05, 0.1) is 6.54 Å². The zero-order chi connectivity index (χ0) is 17.3. The Morgan fingerprint density at radius 3 is 2.38 bits per heavy atom. The number of ketones is 1. The molecule has 0 spiro atoms. The summed E-state index contributed by atoms with van der Waals surface area (Å²) < 4.78 is 0. The van der Waals surface area contributed by atoms with Gasteiger partial charge in [-0.2, -0.15) is 0 Å². The Labute approximate surface area is 139 Å². The van der Waals surface area contributed by atoms with Crippen LogP contribution in [0.2, 0.25) is 0 Å². The van der Waals surface area contributed by atoms with Gasteiger partial charge in [-0.25, -0.2) is 4.79 Å². The van der Waals surface area contributed by atoms with Gasteiger partial charge in [-0.15, -0.1) is 0 Å². The van der Waals surface area contributed by atoms with Gasteiger partial charge in [0, 0.05) is 12.0 Å². The topological polar surface area (TPSA) is 74.7 Å².